The highest BCUT2D eigenvalue weighted by Gasteiger charge is 2.22. The Kier molecular flexibility index (Phi) is 4.72. The lowest BCUT2D eigenvalue weighted by Gasteiger charge is -2.26. The molecular weight excluding hydrogens is 282 g/mol. The van der Waals surface area contributed by atoms with Crippen LogP contribution in [0.5, 0.6) is 0 Å². The minimum Gasteiger partial charge on any atom is -0.383 e. The molecule has 0 radical (unpaired) electrons. The lowest BCUT2D eigenvalue weighted by molar-refractivity contribution is -0.385. The molecule has 1 rings (SSSR count). The van der Waals surface area contributed by atoms with Gasteiger partial charge >= 0.3 is 0 Å². The molecule has 1 aromatic rings. The lowest BCUT2D eigenvalue weighted by Crippen LogP contribution is -2.47. The molecule has 2 N–H and O–H groups in total. The third kappa shape index (κ3) is 4.78. The summed E-state index contributed by atoms with van der Waals surface area (Å²) < 4.78 is 25.0. The molecule has 0 amide bonds. The average Bonchev–Trinajstić information content (AvgIpc) is 2.24. The van der Waals surface area contributed by atoms with Crippen molar-refractivity contribution in [3.8, 4) is 0 Å². The van der Waals surface area contributed by atoms with Gasteiger partial charge in [0.25, 0.3) is 5.69 Å². The van der Waals surface area contributed by atoms with Gasteiger partial charge < -0.3 is 5.32 Å². The van der Waals surface area contributed by atoms with Gasteiger partial charge in [0.05, 0.1) is 11.2 Å². The minimum absolute atomic E-state index is 0.0314. The number of hydrogen-bond donors (Lipinski definition) is 2. The van der Waals surface area contributed by atoms with Crippen molar-refractivity contribution >= 4 is 21.4 Å². The highest BCUT2D eigenvalue weighted by molar-refractivity contribution is 7.88. The van der Waals surface area contributed by atoms with Crippen molar-refractivity contribution in [3.05, 3.63) is 33.9 Å². The zero-order valence-electron chi connectivity index (χ0n) is 11.9. The molecule has 0 aliphatic rings. The highest BCUT2D eigenvalue weighted by atomic mass is 32.2. The van der Waals surface area contributed by atoms with Crippen LogP contribution in [0, 0.1) is 17.0 Å². The molecule has 0 atom stereocenters. The maximum absolute atomic E-state index is 11.2. The molecule has 0 unspecified atom stereocenters. The first-order valence-electron chi connectivity index (χ1n) is 5.99. The molecule has 0 saturated heterocycles. The molecule has 0 aliphatic carbocycles. The highest BCUT2D eigenvalue weighted by Crippen LogP contribution is 2.25. The van der Waals surface area contributed by atoms with Gasteiger partial charge in [-0.3, -0.25) is 10.1 Å². The number of nitrogens with one attached hydrogen (secondary N) is 2. The van der Waals surface area contributed by atoms with E-state index in [9.17, 15) is 18.5 Å². The van der Waals surface area contributed by atoms with Crippen molar-refractivity contribution < 1.29 is 13.3 Å². The Morgan fingerprint density at radius 1 is 1.35 bits per heavy atom. The van der Waals surface area contributed by atoms with Gasteiger partial charge in [0.15, 0.2) is 0 Å². The van der Waals surface area contributed by atoms with E-state index in [4.69, 9.17) is 0 Å². The molecule has 8 heteroatoms. The second-order valence-corrected chi connectivity index (χ2v) is 7.07. The van der Waals surface area contributed by atoms with Crippen molar-refractivity contribution in [2.24, 2.45) is 0 Å². The van der Waals surface area contributed by atoms with Crippen LogP contribution in [0.1, 0.15) is 19.4 Å². The molecule has 0 aromatic heterocycles. The maximum atomic E-state index is 11.2. The van der Waals surface area contributed by atoms with Gasteiger partial charge in [0.2, 0.25) is 10.0 Å². The summed E-state index contributed by atoms with van der Waals surface area (Å²) in [6.07, 6.45) is 1.09. The standard InChI is InChI=1S/C12H19N3O4S/c1-9-10(6-5-7-11(9)15(16)17)13-8-12(2,3)14-20(4,18)19/h5-7,13-14H,8H2,1-4H3. The quantitative estimate of drug-likeness (QED) is 0.614. The number of rotatable bonds is 6. The fraction of sp³-hybridized carbons (Fsp3) is 0.500. The Labute approximate surface area is 118 Å². The van der Waals surface area contributed by atoms with E-state index in [0.29, 0.717) is 17.8 Å². The number of nitrogens with zero attached hydrogens (tertiary/aromatic N) is 1. The number of hydrogen-bond acceptors (Lipinski definition) is 5. The molecule has 0 fully saturated rings. The van der Waals surface area contributed by atoms with E-state index in [1.807, 2.05) is 0 Å². The third-order valence-electron chi connectivity index (χ3n) is 2.68. The van der Waals surface area contributed by atoms with E-state index in [-0.39, 0.29) is 5.69 Å². The van der Waals surface area contributed by atoms with E-state index in [1.54, 1.807) is 32.9 Å². The largest absolute Gasteiger partial charge is 0.383 e. The molecule has 1 aromatic carbocycles. The van der Waals surface area contributed by atoms with E-state index in [1.165, 1.54) is 6.07 Å². The number of nitro groups is 1. The molecular formula is C12H19N3O4S. The summed E-state index contributed by atoms with van der Waals surface area (Å²) in [6.45, 7) is 5.42. The monoisotopic (exact) mass is 301 g/mol. The Bertz CT molecular complexity index is 611. The molecule has 7 nitrogen and oxygen atoms in total. The van der Waals surface area contributed by atoms with Gasteiger partial charge in [0, 0.05) is 29.4 Å². The van der Waals surface area contributed by atoms with Crippen molar-refractivity contribution in [2.45, 2.75) is 26.3 Å². The van der Waals surface area contributed by atoms with Gasteiger partial charge in [-0.2, -0.15) is 0 Å². The van der Waals surface area contributed by atoms with Crippen LogP contribution in [-0.2, 0) is 10.0 Å². The van der Waals surface area contributed by atoms with E-state index < -0.39 is 20.5 Å². The topological polar surface area (TPSA) is 101 Å². The van der Waals surface area contributed by atoms with E-state index in [2.05, 4.69) is 10.0 Å². The van der Waals surface area contributed by atoms with Crippen LogP contribution in [0.3, 0.4) is 0 Å². The lowest BCUT2D eigenvalue weighted by atomic mass is 10.1. The van der Waals surface area contributed by atoms with Crippen LogP contribution >= 0.6 is 0 Å². The predicted octanol–water partition coefficient (Wildman–Crippen LogP) is 1.64. The van der Waals surface area contributed by atoms with Crippen LogP contribution in [0.25, 0.3) is 0 Å². The average molecular weight is 301 g/mol. The van der Waals surface area contributed by atoms with Gasteiger partial charge in [-0.15, -0.1) is 0 Å². The minimum atomic E-state index is -3.32. The molecule has 112 valence electrons. The molecule has 0 heterocycles. The molecule has 0 saturated carbocycles. The summed E-state index contributed by atoms with van der Waals surface area (Å²) in [6, 6.07) is 4.74. The third-order valence-corrected chi connectivity index (χ3v) is 3.61. The Morgan fingerprint density at radius 2 is 1.95 bits per heavy atom. The van der Waals surface area contributed by atoms with Crippen LogP contribution in [0.2, 0.25) is 0 Å². The first-order chi connectivity index (χ1) is 9.02. The molecule has 0 aliphatic heterocycles. The van der Waals surface area contributed by atoms with Crippen molar-refractivity contribution in [2.75, 3.05) is 18.1 Å². The summed E-state index contributed by atoms with van der Waals surface area (Å²) in [5.41, 5.74) is 0.462. The molecule has 0 spiro atoms. The maximum Gasteiger partial charge on any atom is 0.274 e. The van der Waals surface area contributed by atoms with Gasteiger partial charge in [-0.1, -0.05) is 6.07 Å². The van der Waals surface area contributed by atoms with E-state index >= 15 is 0 Å². The summed E-state index contributed by atoms with van der Waals surface area (Å²) >= 11 is 0. The van der Waals surface area contributed by atoms with Crippen LogP contribution in [0.15, 0.2) is 18.2 Å². The zero-order valence-corrected chi connectivity index (χ0v) is 12.7. The normalized spacial score (nSPS) is 12.2. The number of benzene rings is 1. The SMILES string of the molecule is Cc1c(NCC(C)(C)NS(C)(=O)=O)cccc1[N+](=O)[O-]. The second kappa shape index (κ2) is 5.76. The fourth-order valence-electron chi connectivity index (χ4n) is 1.87. The van der Waals surface area contributed by atoms with Crippen molar-refractivity contribution in [3.63, 3.8) is 0 Å². The van der Waals surface area contributed by atoms with Crippen LogP contribution in [0.4, 0.5) is 11.4 Å². The van der Waals surface area contributed by atoms with Crippen LogP contribution < -0.4 is 10.0 Å². The van der Waals surface area contributed by atoms with Crippen LogP contribution in [-0.4, -0.2) is 31.7 Å². The number of anilines is 1. The first kappa shape index (κ1) is 16.4. The smallest absolute Gasteiger partial charge is 0.274 e. The second-order valence-electron chi connectivity index (χ2n) is 5.32. The Hall–Kier alpha value is -1.67. The summed E-state index contributed by atoms with van der Waals surface area (Å²) in [5, 5.41) is 13.9. The summed E-state index contributed by atoms with van der Waals surface area (Å²) in [7, 11) is -3.32. The fourth-order valence-corrected chi connectivity index (χ4v) is 2.94. The van der Waals surface area contributed by atoms with Gasteiger partial charge in [-0.25, -0.2) is 13.1 Å². The Balaban J connectivity index is 2.85. The van der Waals surface area contributed by atoms with Crippen molar-refractivity contribution in [1.82, 2.24) is 4.72 Å². The molecule has 0 bridgehead atoms. The zero-order chi connectivity index (χ0) is 15.6. The first-order valence-corrected chi connectivity index (χ1v) is 7.88. The predicted molar refractivity (Wildman–Crippen MR) is 78.4 cm³/mol. The number of sulfonamides is 1. The van der Waals surface area contributed by atoms with Crippen molar-refractivity contribution in [1.29, 1.82) is 0 Å². The molecule has 20 heavy (non-hydrogen) atoms. The Morgan fingerprint density at radius 3 is 2.45 bits per heavy atom. The summed E-state index contributed by atoms with van der Waals surface area (Å²) in [5.74, 6) is 0. The summed E-state index contributed by atoms with van der Waals surface area (Å²) in [4.78, 5) is 10.4. The van der Waals surface area contributed by atoms with Gasteiger partial charge in [0.1, 0.15) is 0 Å². The number of nitro benzene ring substituents is 1. The van der Waals surface area contributed by atoms with Gasteiger partial charge in [-0.05, 0) is 26.8 Å². The van der Waals surface area contributed by atoms with E-state index in [0.717, 1.165) is 6.26 Å².